The molecule has 106 valence electrons. The van der Waals surface area contributed by atoms with Crippen LogP contribution >= 0.6 is 11.6 Å². The van der Waals surface area contributed by atoms with Crippen LogP contribution in [0, 0.1) is 0 Å². The fraction of sp³-hybridized carbons (Fsp3) is 0.250. The summed E-state index contributed by atoms with van der Waals surface area (Å²) in [5.74, 6) is 0.871. The Morgan fingerprint density at radius 2 is 1.80 bits per heavy atom. The van der Waals surface area contributed by atoms with Gasteiger partial charge in [0, 0.05) is 23.8 Å². The summed E-state index contributed by atoms with van der Waals surface area (Å²) >= 11 is 6.18. The monoisotopic (exact) mass is 290 g/mol. The zero-order valence-electron chi connectivity index (χ0n) is 11.8. The Kier molecular flexibility index (Phi) is 4.88. The molecule has 0 spiro atoms. The molecule has 0 saturated carbocycles. The number of rotatable bonds is 5. The first-order chi connectivity index (χ1) is 9.58. The predicted molar refractivity (Wildman–Crippen MR) is 84.0 cm³/mol. The summed E-state index contributed by atoms with van der Waals surface area (Å²) in [6.07, 6.45) is 0. The van der Waals surface area contributed by atoms with Gasteiger partial charge in [-0.05, 0) is 48.5 Å². The minimum absolute atomic E-state index is 0.738. The van der Waals surface area contributed by atoms with E-state index >= 15 is 0 Å². The molecule has 0 aliphatic rings. The molecule has 0 radical (unpaired) electrons. The Balaban J connectivity index is 2.00. The fourth-order valence-electron chi connectivity index (χ4n) is 2.11. The van der Waals surface area contributed by atoms with Crippen molar-refractivity contribution < 1.29 is 4.74 Å². The van der Waals surface area contributed by atoms with Crippen LogP contribution in [-0.4, -0.2) is 19.1 Å². The molecule has 2 N–H and O–H groups in total. The average Bonchev–Trinajstić information content (AvgIpc) is 2.43. The standard InChI is InChI=1S/C16H19ClN2O/c1-19(10-12-3-6-15(20-2)7-4-12)11-13-9-14(18)5-8-16(13)17/h3-9H,10-11,18H2,1-2H3. The summed E-state index contributed by atoms with van der Waals surface area (Å²) in [5, 5.41) is 0.751. The third-order valence-corrected chi connectivity index (χ3v) is 3.49. The lowest BCUT2D eigenvalue weighted by Gasteiger charge is -2.18. The minimum atomic E-state index is 0.738. The highest BCUT2D eigenvalue weighted by molar-refractivity contribution is 6.31. The Morgan fingerprint density at radius 3 is 2.45 bits per heavy atom. The molecule has 3 nitrogen and oxygen atoms in total. The second-order valence-corrected chi connectivity index (χ2v) is 5.28. The number of nitrogen functional groups attached to an aromatic ring is 1. The molecule has 0 aliphatic heterocycles. The van der Waals surface area contributed by atoms with Gasteiger partial charge in [-0.25, -0.2) is 0 Å². The number of nitrogens with two attached hydrogens (primary N) is 1. The SMILES string of the molecule is COc1ccc(CN(C)Cc2cc(N)ccc2Cl)cc1. The van der Waals surface area contributed by atoms with Crippen LogP contribution in [0.15, 0.2) is 42.5 Å². The molecule has 0 heterocycles. The van der Waals surface area contributed by atoms with Crippen LogP contribution in [0.3, 0.4) is 0 Å². The number of benzene rings is 2. The van der Waals surface area contributed by atoms with Crippen molar-refractivity contribution in [2.75, 3.05) is 19.9 Å². The van der Waals surface area contributed by atoms with Gasteiger partial charge in [-0.1, -0.05) is 23.7 Å². The molecule has 0 fully saturated rings. The van der Waals surface area contributed by atoms with Crippen molar-refractivity contribution >= 4 is 17.3 Å². The number of hydrogen-bond donors (Lipinski definition) is 1. The molecule has 0 aliphatic carbocycles. The first-order valence-corrected chi connectivity index (χ1v) is 6.81. The number of halogens is 1. The summed E-state index contributed by atoms with van der Waals surface area (Å²) in [6, 6.07) is 13.6. The lowest BCUT2D eigenvalue weighted by Crippen LogP contribution is -2.17. The van der Waals surface area contributed by atoms with Gasteiger partial charge in [0.05, 0.1) is 7.11 Å². The van der Waals surface area contributed by atoms with Gasteiger partial charge in [-0.2, -0.15) is 0 Å². The smallest absolute Gasteiger partial charge is 0.118 e. The van der Waals surface area contributed by atoms with E-state index in [1.165, 1.54) is 5.56 Å². The molecule has 0 aromatic heterocycles. The van der Waals surface area contributed by atoms with Crippen LogP contribution < -0.4 is 10.5 Å². The molecule has 0 atom stereocenters. The Morgan fingerprint density at radius 1 is 1.10 bits per heavy atom. The lowest BCUT2D eigenvalue weighted by atomic mass is 10.1. The fourth-order valence-corrected chi connectivity index (χ4v) is 2.28. The summed E-state index contributed by atoms with van der Waals surface area (Å²) < 4.78 is 5.15. The maximum Gasteiger partial charge on any atom is 0.118 e. The van der Waals surface area contributed by atoms with E-state index in [1.807, 2.05) is 30.3 Å². The molecule has 0 amide bonds. The van der Waals surface area contributed by atoms with Crippen molar-refractivity contribution in [2.24, 2.45) is 0 Å². The van der Waals surface area contributed by atoms with Crippen LogP contribution in [-0.2, 0) is 13.1 Å². The Labute approximate surface area is 124 Å². The molecular formula is C16H19ClN2O. The molecule has 2 aromatic rings. The maximum atomic E-state index is 6.18. The number of nitrogens with zero attached hydrogens (tertiary/aromatic N) is 1. The van der Waals surface area contributed by atoms with E-state index < -0.39 is 0 Å². The van der Waals surface area contributed by atoms with Gasteiger partial charge < -0.3 is 10.5 Å². The van der Waals surface area contributed by atoms with E-state index in [4.69, 9.17) is 22.1 Å². The number of anilines is 1. The van der Waals surface area contributed by atoms with Crippen LogP contribution in [0.5, 0.6) is 5.75 Å². The van der Waals surface area contributed by atoms with E-state index in [-0.39, 0.29) is 0 Å². The first kappa shape index (κ1) is 14.7. The quantitative estimate of drug-likeness (QED) is 0.856. The van der Waals surface area contributed by atoms with Crippen LogP contribution in [0.4, 0.5) is 5.69 Å². The van der Waals surface area contributed by atoms with Crippen molar-refractivity contribution in [1.82, 2.24) is 4.90 Å². The van der Waals surface area contributed by atoms with Crippen molar-refractivity contribution in [3.05, 3.63) is 58.6 Å². The van der Waals surface area contributed by atoms with Gasteiger partial charge in [-0.15, -0.1) is 0 Å². The highest BCUT2D eigenvalue weighted by Crippen LogP contribution is 2.21. The lowest BCUT2D eigenvalue weighted by molar-refractivity contribution is 0.319. The molecule has 4 heteroatoms. The summed E-state index contributed by atoms with van der Waals surface area (Å²) in [7, 11) is 3.73. The third-order valence-electron chi connectivity index (χ3n) is 3.12. The summed E-state index contributed by atoms with van der Waals surface area (Å²) in [4.78, 5) is 2.20. The van der Waals surface area contributed by atoms with Gasteiger partial charge in [0.15, 0.2) is 0 Å². The maximum absolute atomic E-state index is 6.18. The topological polar surface area (TPSA) is 38.5 Å². The molecule has 0 unspecified atom stereocenters. The molecule has 20 heavy (non-hydrogen) atoms. The summed E-state index contributed by atoms with van der Waals surface area (Å²) in [6.45, 7) is 1.60. The summed E-state index contributed by atoms with van der Waals surface area (Å²) in [5.41, 5.74) is 8.81. The van der Waals surface area contributed by atoms with Gasteiger partial charge >= 0.3 is 0 Å². The molecule has 2 rings (SSSR count). The normalized spacial score (nSPS) is 10.8. The zero-order chi connectivity index (χ0) is 14.5. The van der Waals surface area contributed by atoms with Gasteiger partial charge in [0.2, 0.25) is 0 Å². The second-order valence-electron chi connectivity index (χ2n) is 4.87. The van der Waals surface area contributed by atoms with Gasteiger partial charge in [0.1, 0.15) is 5.75 Å². The predicted octanol–water partition coefficient (Wildman–Crippen LogP) is 3.56. The van der Waals surface area contributed by atoms with E-state index in [0.717, 1.165) is 35.1 Å². The van der Waals surface area contributed by atoms with Crippen molar-refractivity contribution in [1.29, 1.82) is 0 Å². The number of ether oxygens (including phenoxy) is 1. The van der Waals surface area contributed by atoms with Crippen molar-refractivity contribution in [2.45, 2.75) is 13.1 Å². The highest BCUT2D eigenvalue weighted by atomic mass is 35.5. The highest BCUT2D eigenvalue weighted by Gasteiger charge is 2.06. The Hall–Kier alpha value is -1.71. The first-order valence-electron chi connectivity index (χ1n) is 6.44. The molecule has 0 saturated heterocycles. The minimum Gasteiger partial charge on any atom is -0.497 e. The Bertz CT molecular complexity index is 569. The number of hydrogen-bond acceptors (Lipinski definition) is 3. The van der Waals surface area contributed by atoms with E-state index in [0.29, 0.717) is 0 Å². The largest absolute Gasteiger partial charge is 0.497 e. The molecular weight excluding hydrogens is 272 g/mol. The van der Waals surface area contributed by atoms with E-state index in [2.05, 4.69) is 24.1 Å². The molecule has 0 bridgehead atoms. The van der Waals surface area contributed by atoms with Gasteiger partial charge in [0.25, 0.3) is 0 Å². The molecule has 2 aromatic carbocycles. The van der Waals surface area contributed by atoms with E-state index in [9.17, 15) is 0 Å². The van der Waals surface area contributed by atoms with Crippen LogP contribution in [0.25, 0.3) is 0 Å². The average molecular weight is 291 g/mol. The van der Waals surface area contributed by atoms with Crippen LogP contribution in [0.2, 0.25) is 5.02 Å². The van der Waals surface area contributed by atoms with Crippen molar-refractivity contribution in [3.63, 3.8) is 0 Å². The zero-order valence-corrected chi connectivity index (χ0v) is 12.5. The number of methoxy groups -OCH3 is 1. The van der Waals surface area contributed by atoms with Crippen LogP contribution in [0.1, 0.15) is 11.1 Å². The van der Waals surface area contributed by atoms with Crippen molar-refractivity contribution in [3.8, 4) is 5.75 Å². The van der Waals surface area contributed by atoms with E-state index in [1.54, 1.807) is 7.11 Å². The van der Waals surface area contributed by atoms with Gasteiger partial charge in [-0.3, -0.25) is 4.90 Å². The second kappa shape index (κ2) is 6.64. The third kappa shape index (κ3) is 3.89.